The minimum atomic E-state index is -0.504. The van der Waals surface area contributed by atoms with Crippen LogP contribution in [0.1, 0.15) is 11.1 Å². The van der Waals surface area contributed by atoms with Crippen LogP contribution in [0.5, 0.6) is 0 Å². The number of nitrogens with two attached hydrogens (primary N) is 1. The highest BCUT2D eigenvalue weighted by Crippen LogP contribution is 2.24. The third kappa shape index (κ3) is 2.66. The number of benzene rings is 1. The van der Waals surface area contributed by atoms with E-state index >= 15 is 0 Å². The lowest BCUT2D eigenvalue weighted by molar-refractivity contribution is -0.112. The molecule has 0 fully saturated rings. The third-order valence-electron chi connectivity index (χ3n) is 3.18. The van der Waals surface area contributed by atoms with E-state index in [0.29, 0.717) is 16.2 Å². The van der Waals surface area contributed by atoms with Gasteiger partial charge in [-0.05, 0) is 35.9 Å². The lowest BCUT2D eigenvalue weighted by Crippen LogP contribution is -2.12. The summed E-state index contributed by atoms with van der Waals surface area (Å²) in [6.45, 7) is 0. The van der Waals surface area contributed by atoms with Gasteiger partial charge in [0.1, 0.15) is 5.65 Å². The van der Waals surface area contributed by atoms with Crippen molar-refractivity contribution < 1.29 is 4.79 Å². The molecular formula is C16H12ClN3O. The minimum Gasteiger partial charge on any atom is -0.366 e. The summed E-state index contributed by atoms with van der Waals surface area (Å²) >= 11 is 5.98. The Bertz CT molecular complexity index is 851. The van der Waals surface area contributed by atoms with Gasteiger partial charge in [-0.25, -0.2) is 4.98 Å². The molecule has 0 atom stereocenters. The van der Waals surface area contributed by atoms with Crippen LogP contribution in [0.15, 0.2) is 48.8 Å². The normalized spacial score (nSPS) is 11.8. The molecule has 21 heavy (non-hydrogen) atoms. The monoisotopic (exact) mass is 297 g/mol. The topological polar surface area (TPSA) is 71.8 Å². The summed E-state index contributed by atoms with van der Waals surface area (Å²) < 4.78 is 0. The van der Waals surface area contributed by atoms with Gasteiger partial charge in [0.05, 0.1) is 0 Å². The second-order valence-electron chi connectivity index (χ2n) is 4.58. The van der Waals surface area contributed by atoms with Crippen molar-refractivity contribution in [3.63, 3.8) is 0 Å². The van der Waals surface area contributed by atoms with Crippen molar-refractivity contribution in [2.45, 2.75) is 0 Å². The van der Waals surface area contributed by atoms with Gasteiger partial charge < -0.3 is 10.7 Å². The number of hydrogen-bond donors (Lipinski definition) is 2. The first-order valence-corrected chi connectivity index (χ1v) is 6.72. The number of hydrogen-bond acceptors (Lipinski definition) is 2. The molecule has 5 heteroatoms. The summed E-state index contributed by atoms with van der Waals surface area (Å²) in [5.41, 5.74) is 8.21. The number of rotatable bonds is 3. The summed E-state index contributed by atoms with van der Waals surface area (Å²) in [5, 5.41) is 1.48. The number of pyridine rings is 1. The second kappa shape index (κ2) is 5.42. The van der Waals surface area contributed by atoms with E-state index in [-0.39, 0.29) is 0 Å². The molecule has 0 saturated carbocycles. The van der Waals surface area contributed by atoms with Crippen molar-refractivity contribution in [3.05, 3.63) is 64.9 Å². The Morgan fingerprint density at radius 1 is 1.29 bits per heavy atom. The molecule has 0 bridgehead atoms. The van der Waals surface area contributed by atoms with Crippen LogP contribution in [-0.2, 0) is 4.79 Å². The summed E-state index contributed by atoms with van der Waals surface area (Å²) in [7, 11) is 0. The number of nitrogens with one attached hydrogen (secondary N) is 1. The summed E-state index contributed by atoms with van der Waals surface area (Å²) in [5.74, 6) is -0.504. The van der Waals surface area contributed by atoms with E-state index in [0.717, 1.165) is 16.6 Å². The van der Waals surface area contributed by atoms with Crippen molar-refractivity contribution in [2.75, 3.05) is 0 Å². The fraction of sp³-hybridized carbons (Fsp3) is 0. The molecule has 2 aromatic heterocycles. The average molecular weight is 298 g/mol. The summed E-state index contributed by atoms with van der Waals surface area (Å²) in [6.07, 6.45) is 5.25. The molecule has 0 spiro atoms. The molecular weight excluding hydrogens is 286 g/mol. The van der Waals surface area contributed by atoms with E-state index in [4.69, 9.17) is 17.3 Å². The van der Waals surface area contributed by atoms with E-state index in [2.05, 4.69) is 9.97 Å². The maximum absolute atomic E-state index is 11.8. The maximum atomic E-state index is 11.8. The number of amides is 1. The molecule has 3 aromatic rings. The molecule has 0 unspecified atom stereocenters. The van der Waals surface area contributed by atoms with Crippen LogP contribution in [-0.4, -0.2) is 15.9 Å². The quantitative estimate of drug-likeness (QED) is 0.728. The number of primary amides is 1. The van der Waals surface area contributed by atoms with Gasteiger partial charge in [0.25, 0.3) is 0 Å². The zero-order chi connectivity index (χ0) is 14.8. The molecule has 0 aliphatic rings. The molecule has 0 aliphatic carbocycles. The zero-order valence-corrected chi connectivity index (χ0v) is 11.8. The van der Waals surface area contributed by atoms with E-state index in [1.165, 1.54) is 0 Å². The SMILES string of the molecule is NC(=O)C(=Cc1c[nH]c2ncccc12)c1cccc(Cl)c1. The number of aromatic amines is 1. The average Bonchev–Trinajstić information content (AvgIpc) is 2.87. The van der Waals surface area contributed by atoms with Gasteiger partial charge in [0, 0.05) is 33.9 Å². The number of carbonyl (C=O) groups is 1. The van der Waals surface area contributed by atoms with Crippen LogP contribution in [0.2, 0.25) is 5.02 Å². The lowest BCUT2D eigenvalue weighted by atomic mass is 10.0. The standard InChI is InChI=1S/C16H12ClN3O/c17-12-4-1-3-10(7-12)14(15(18)21)8-11-9-20-16-13(11)5-2-6-19-16/h1-9H,(H2,18,21)(H,19,20). The molecule has 0 radical (unpaired) electrons. The van der Waals surface area contributed by atoms with Crippen molar-refractivity contribution in [3.8, 4) is 0 Å². The Morgan fingerprint density at radius 3 is 2.90 bits per heavy atom. The first kappa shape index (κ1) is 13.4. The second-order valence-corrected chi connectivity index (χ2v) is 5.01. The number of carbonyl (C=O) groups excluding carboxylic acids is 1. The molecule has 1 aromatic carbocycles. The Kier molecular flexibility index (Phi) is 3.46. The number of halogens is 1. The molecule has 3 N–H and O–H groups in total. The maximum Gasteiger partial charge on any atom is 0.249 e. The van der Waals surface area contributed by atoms with Crippen LogP contribution in [0.25, 0.3) is 22.7 Å². The van der Waals surface area contributed by atoms with Crippen LogP contribution in [0.4, 0.5) is 0 Å². The summed E-state index contributed by atoms with van der Waals surface area (Å²) in [4.78, 5) is 19.0. The summed E-state index contributed by atoms with van der Waals surface area (Å²) in [6, 6.07) is 10.8. The largest absolute Gasteiger partial charge is 0.366 e. The number of aromatic nitrogens is 2. The number of nitrogens with zero attached hydrogens (tertiary/aromatic N) is 1. The highest BCUT2D eigenvalue weighted by molar-refractivity contribution is 6.31. The van der Waals surface area contributed by atoms with Gasteiger partial charge in [-0.1, -0.05) is 23.7 Å². The van der Waals surface area contributed by atoms with Gasteiger partial charge in [0.2, 0.25) is 5.91 Å². The predicted molar refractivity (Wildman–Crippen MR) is 84.6 cm³/mol. The molecule has 1 amide bonds. The smallest absolute Gasteiger partial charge is 0.249 e. The van der Waals surface area contributed by atoms with E-state index in [9.17, 15) is 4.79 Å². The van der Waals surface area contributed by atoms with Crippen LogP contribution in [0, 0.1) is 0 Å². The predicted octanol–water partition coefficient (Wildman–Crippen LogP) is 3.24. The Morgan fingerprint density at radius 2 is 2.14 bits per heavy atom. The van der Waals surface area contributed by atoms with Gasteiger partial charge in [0.15, 0.2) is 0 Å². The molecule has 2 heterocycles. The molecule has 4 nitrogen and oxygen atoms in total. The van der Waals surface area contributed by atoms with E-state index in [1.807, 2.05) is 12.1 Å². The van der Waals surface area contributed by atoms with Crippen LogP contribution >= 0.6 is 11.6 Å². The first-order valence-electron chi connectivity index (χ1n) is 6.34. The van der Waals surface area contributed by atoms with E-state index in [1.54, 1.807) is 42.7 Å². The number of fused-ring (bicyclic) bond motifs is 1. The lowest BCUT2D eigenvalue weighted by Gasteiger charge is -2.04. The highest BCUT2D eigenvalue weighted by Gasteiger charge is 2.11. The van der Waals surface area contributed by atoms with Gasteiger partial charge in [-0.2, -0.15) is 0 Å². The highest BCUT2D eigenvalue weighted by atomic mass is 35.5. The van der Waals surface area contributed by atoms with E-state index < -0.39 is 5.91 Å². The van der Waals surface area contributed by atoms with Gasteiger partial charge in [-0.15, -0.1) is 0 Å². The van der Waals surface area contributed by atoms with Crippen molar-refractivity contribution >= 4 is 40.2 Å². The molecule has 3 rings (SSSR count). The fourth-order valence-corrected chi connectivity index (χ4v) is 2.40. The van der Waals surface area contributed by atoms with Crippen molar-refractivity contribution in [2.24, 2.45) is 5.73 Å². The Balaban J connectivity index is 2.15. The Hall–Kier alpha value is -2.59. The fourth-order valence-electron chi connectivity index (χ4n) is 2.20. The van der Waals surface area contributed by atoms with Crippen molar-refractivity contribution in [1.29, 1.82) is 0 Å². The van der Waals surface area contributed by atoms with Crippen LogP contribution in [0.3, 0.4) is 0 Å². The zero-order valence-electron chi connectivity index (χ0n) is 11.0. The Labute approximate surface area is 126 Å². The van der Waals surface area contributed by atoms with Gasteiger partial charge in [-0.3, -0.25) is 4.79 Å². The molecule has 0 saturated heterocycles. The van der Waals surface area contributed by atoms with Gasteiger partial charge >= 0.3 is 0 Å². The first-order chi connectivity index (χ1) is 10.1. The number of H-pyrrole nitrogens is 1. The minimum absolute atomic E-state index is 0.405. The molecule has 104 valence electrons. The van der Waals surface area contributed by atoms with Crippen molar-refractivity contribution in [1.82, 2.24) is 9.97 Å². The third-order valence-corrected chi connectivity index (χ3v) is 3.42. The molecule has 0 aliphatic heterocycles. The van der Waals surface area contributed by atoms with Crippen LogP contribution < -0.4 is 5.73 Å².